The first-order chi connectivity index (χ1) is 7.27. The predicted molar refractivity (Wildman–Crippen MR) is 52.8 cm³/mol. The highest BCUT2D eigenvalue weighted by molar-refractivity contribution is 6.42. The molecule has 0 heterocycles. The standard InChI is InChI=1S/C9H5Cl2F3O2/c1-16-8(15)4-2-5(9(12,13)14)7(11)6(10)3-4/h2-3H,1H3. The van der Waals surface area contributed by atoms with Crippen LogP contribution < -0.4 is 0 Å². The van der Waals surface area contributed by atoms with Crippen molar-refractivity contribution in [1.82, 2.24) is 0 Å². The Balaban J connectivity index is 3.39. The van der Waals surface area contributed by atoms with Gasteiger partial charge in [0.1, 0.15) is 0 Å². The minimum absolute atomic E-state index is 0.302. The molecule has 0 saturated heterocycles. The molecule has 88 valence electrons. The summed E-state index contributed by atoms with van der Waals surface area (Å²) in [7, 11) is 1.05. The van der Waals surface area contributed by atoms with Crippen LogP contribution in [0.15, 0.2) is 12.1 Å². The van der Waals surface area contributed by atoms with Gasteiger partial charge in [0, 0.05) is 0 Å². The number of carbonyl (C=O) groups excluding carboxylic acids is 1. The van der Waals surface area contributed by atoms with Crippen molar-refractivity contribution in [1.29, 1.82) is 0 Å². The molecule has 0 atom stereocenters. The predicted octanol–water partition coefficient (Wildman–Crippen LogP) is 3.80. The summed E-state index contributed by atoms with van der Waals surface area (Å²) >= 11 is 10.9. The third-order valence-electron chi connectivity index (χ3n) is 1.75. The van der Waals surface area contributed by atoms with Crippen LogP contribution in [0.5, 0.6) is 0 Å². The maximum atomic E-state index is 12.5. The smallest absolute Gasteiger partial charge is 0.417 e. The SMILES string of the molecule is COC(=O)c1cc(Cl)c(Cl)c(C(F)(F)F)c1. The number of alkyl halides is 3. The second kappa shape index (κ2) is 4.51. The highest BCUT2D eigenvalue weighted by Crippen LogP contribution is 2.39. The van der Waals surface area contributed by atoms with Crippen LogP contribution in [0.1, 0.15) is 15.9 Å². The number of esters is 1. The first kappa shape index (κ1) is 13.1. The van der Waals surface area contributed by atoms with E-state index in [1.807, 2.05) is 0 Å². The van der Waals surface area contributed by atoms with Crippen LogP contribution in [0.4, 0.5) is 13.2 Å². The molecule has 0 aliphatic carbocycles. The van der Waals surface area contributed by atoms with E-state index in [0.29, 0.717) is 6.07 Å². The molecule has 0 unspecified atom stereocenters. The summed E-state index contributed by atoms with van der Waals surface area (Å²) in [6.45, 7) is 0. The molecular formula is C9H5Cl2F3O2. The van der Waals surface area contributed by atoms with Crippen molar-refractivity contribution in [3.63, 3.8) is 0 Å². The van der Waals surface area contributed by atoms with Gasteiger partial charge in [-0.15, -0.1) is 0 Å². The van der Waals surface area contributed by atoms with E-state index in [9.17, 15) is 18.0 Å². The van der Waals surface area contributed by atoms with Gasteiger partial charge in [0.2, 0.25) is 0 Å². The van der Waals surface area contributed by atoms with Crippen LogP contribution >= 0.6 is 23.2 Å². The minimum Gasteiger partial charge on any atom is -0.465 e. The van der Waals surface area contributed by atoms with Gasteiger partial charge in [-0.1, -0.05) is 23.2 Å². The van der Waals surface area contributed by atoms with Gasteiger partial charge in [-0.05, 0) is 12.1 Å². The minimum atomic E-state index is -4.68. The van der Waals surface area contributed by atoms with Crippen molar-refractivity contribution < 1.29 is 22.7 Å². The lowest BCUT2D eigenvalue weighted by molar-refractivity contribution is -0.137. The lowest BCUT2D eigenvalue weighted by Gasteiger charge is -2.11. The number of benzene rings is 1. The van der Waals surface area contributed by atoms with Gasteiger partial charge >= 0.3 is 12.1 Å². The number of halogens is 5. The van der Waals surface area contributed by atoms with Gasteiger partial charge in [0.25, 0.3) is 0 Å². The van der Waals surface area contributed by atoms with Crippen molar-refractivity contribution >= 4 is 29.2 Å². The molecule has 0 N–H and O–H groups in total. The third-order valence-corrected chi connectivity index (χ3v) is 2.56. The number of carbonyl (C=O) groups is 1. The van der Waals surface area contributed by atoms with Crippen molar-refractivity contribution in [2.75, 3.05) is 7.11 Å². The number of methoxy groups -OCH3 is 1. The normalized spacial score (nSPS) is 11.4. The largest absolute Gasteiger partial charge is 0.465 e. The van der Waals surface area contributed by atoms with Crippen molar-refractivity contribution in [2.24, 2.45) is 0 Å². The van der Waals surface area contributed by atoms with Crippen LogP contribution in [-0.4, -0.2) is 13.1 Å². The molecule has 0 aromatic heterocycles. The fraction of sp³-hybridized carbons (Fsp3) is 0.222. The lowest BCUT2D eigenvalue weighted by Crippen LogP contribution is -2.09. The van der Waals surface area contributed by atoms with Crippen LogP contribution in [0, 0.1) is 0 Å². The van der Waals surface area contributed by atoms with Crippen molar-refractivity contribution in [3.05, 3.63) is 33.3 Å². The van der Waals surface area contributed by atoms with Gasteiger partial charge in [0.15, 0.2) is 0 Å². The molecule has 7 heteroatoms. The summed E-state index contributed by atoms with van der Waals surface area (Å²) in [5, 5.41) is -0.987. The maximum Gasteiger partial charge on any atom is 0.417 e. The molecule has 1 aromatic carbocycles. The number of hydrogen-bond donors (Lipinski definition) is 0. The Labute approximate surface area is 98.9 Å². The second-order valence-corrected chi connectivity index (χ2v) is 3.59. The summed E-state index contributed by atoms with van der Waals surface area (Å²) in [5.41, 5.74) is -1.47. The molecule has 0 bridgehead atoms. The van der Waals surface area contributed by atoms with E-state index in [1.54, 1.807) is 0 Å². The molecule has 0 fully saturated rings. The first-order valence-electron chi connectivity index (χ1n) is 3.92. The van der Waals surface area contributed by atoms with Crippen molar-refractivity contribution in [3.8, 4) is 0 Å². The first-order valence-corrected chi connectivity index (χ1v) is 4.67. The zero-order chi connectivity index (χ0) is 12.5. The fourth-order valence-electron chi connectivity index (χ4n) is 1.03. The van der Waals surface area contributed by atoms with E-state index in [4.69, 9.17) is 23.2 Å². The summed E-state index contributed by atoms with van der Waals surface area (Å²) in [6.07, 6.45) is -4.68. The Hall–Kier alpha value is -0.940. The van der Waals surface area contributed by atoms with E-state index in [-0.39, 0.29) is 10.6 Å². The Kier molecular flexibility index (Phi) is 3.70. The summed E-state index contributed by atoms with van der Waals surface area (Å²) in [4.78, 5) is 11.1. The molecule has 0 aliphatic heterocycles. The number of rotatable bonds is 1. The van der Waals surface area contributed by atoms with Crippen LogP contribution in [-0.2, 0) is 10.9 Å². The Morgan fingerprint density at radius 3 is 2.31 bits per heavy atom. The molecule has 0 amide bonds. The molecule has 0 radical (unpaired) electrons. The monoisotopic (exact) mass is 272 g/mol. The van der Waals surface area contributed by atoms with E-state index in [0.717, 1.165) is 13.2 Å². The van der Waals surface area contributed by atoms with Gasteiger partial charge in [0.05, 0.1) is 28.3 Å². The fourth-order valence-corrected chi connectivity index (χ4v) is 1.47. The van der Waals surface area contributed by atoms with E-state index < -0.39 is 22.7 Å². The molecule has 0 saturated carbocycles. The molecular weight excluding hydrogens is 268 g/mol. The molecule has 1 aromatic rings. The molecule has 2 nitrogen and oxygen atoms in total. The van der Waals surface area contributed by atoms with Gasteiger partial charge in [-0.25, -0.2) is 4.79 Å². The van der Waals surface area contributed by atoms with Gasteiger partial charge < -0.3 is 4.74 Å². The lowest BCUT2D eigenvalue weighted by atomic mass is 10.1. The number of hydrogen-bond acceptors (Lipinski definition) is 2. The topological polar surface area (TPSA) is 26.3 Å². The molecule has 1 rings (SSSR count). The molecule has 0 spiro atoms. The highest BCUT2D eigenvalue weighted by Gasteiger charge is 2.35. The van der Waals surface area contributed by atoms with Crippen LogP contribution in [0.25, 0.3) is 0 Å². The van der Waals surface area contributed by atoms with Crippen LogP contribution in [0.2, 0.25) is 10.0 Å². The van der Waals surface area contributed by atoms with Crippen LogP contribution in [0.3, 0.4) is 0 Å². The maximum absolute atomic E-state index is 12.5. The summed E-state index contributed by atoms with van der Waals surface area (Å²) in [6, 6.07) is 1.62. The summed E-state index contributed by atoms with van der Waals surface area (Å²) in [5.74, 6) is -0.913. The van der Waals surface area contributed by atoms with E-state index >= 15 is 0 Å². The quantitative estimate of drug-likeness (QED) is 0.727. The van der Waals surface area contributed by atoms with E-state index in [1.165, 1.54) is 0 Å². The number of ether oxygens (including phenoxy) is 1. The molecule has 0 aliphatic rings. The Bertz CT molecular complexity index is 429. The van der Waals surface area contributed by atoms with Gasteiger partial charge in [-0.3, -0.25) is 0 Å². The highest BCUT2D eigenvalue weighted by atomic mass is 35.5. The van der Waals surface area contributed by atoms with Gasteiger partial charge in [-0.2, -0.15) is 13.2 Å². The Morgan fingerprint density at radius 2 is 1.88 bits per heavy atom. The third kappa shape index (κ3) is 2.59. The average Bonchev–Trinajstić information content (AvgIpc) is 2.18. The second-order valence-electron chi connectivity index (χ2n) is 2.81. The Morgan fingerprint density at radius 1 is 1.31 bits per heavy atom. The average molecular weight is 273 g/mol. The van der Waals surface area contributed by atoms with E-state index in [2.05, 4.69) is 4.74 Å². The zero-order valence-electron chi connectivity index (χ0n) is 7.86. The van der Waals surface area contributed by atoms with Crippen molar-refractivity contribution in [2.45, 2.75) is 6.18 Å². The zero-order valence-corrected chi connectivity index (χ0v) is 9.37. The summed E-state index contributed by atoms with van der Waals surface area (Å²) < 4.78 is 41.7. The molecule has 16 heavy (non-hydrogen) atoms.